The molecule has 1 fully saturated rings. The Kier molecular flexibility index (Phi) is 15.8. The standard InChI is InChI=1S/C35H47N5O4S2.Au/c1-36(2)29-11-7-27(8-12-29)33(41)43-25-5-19-38(20-6-26-44-34(42)28-9-13-30(14-10-28)37(3)4)31-15-17-32(18-16-31)39-21-23-40(24-22-39)35(45)46;/h7-18,35,45-46H,5-6,19-26H2,1-4H3;/p-2. The number of carbonyl (C=O) groups excluding carboxylic acids is 2. The molecular weight excluding hydrogens is 816 g/mol. The molecule has 1 aliphatic rings. The van der Waals surface area contributed by atoms with Crippen molar-refractivity contribution in [2.45, 2.75) is 17.5 Å². The normalized spacial score (nSPS) is 13.1. The maximum Gasteiger partial charge on any atom is 0.338 e. The smallest absolute Gasteiger partial charge is 0.338 e. The van der Waals surface area contributed by atoms with Crippen molar-refractivity contribution in [1.29, 1.82) is 0 Å². The molecule has 3 aromatic carbocycles. The Morgan fingerprint density at radius 2 is 1.06 bits per heavy atom. The molecular formula is C35H45AuN5O4S2-2. The zero-order valence-electron chi connectivity index (χ0n) is 27.6. The van der Waals surface area contributed by atoms with Crippen LogP contribution in [-0.2, 0) is 57.1 Å². The molecule has 1 heterocycles. The predicted molar refractivity (Wildman–Crippen MR) is 192 cm³/mol. The van der Waals surface area contributed by atoms with Crippen LogP contribution in [0.3, 0.4) is 0 Å². The van der Waals surface area contributed by atoms with E-state index >= 15 is 0 Å². The summed E-state index contributed by atoms with van der Waals surface area (Å²) < 4.78 is 10.9. The first-order valence-corrected chi connectivity index (χ1v) is 16.6. The molecule has 0 spiro atoms. The molecule has 0 unspecified atom stereocenters. The molecule has 0 aromatic heterocycles. The van der Waals surface area contributed by atoms with Crippen LogP contribution in [0.1, 0.15) is 33.6 Å². The van der Waals surface area contributed by atoms with Crippen molar-refractivity contribution in [2.75, 3.05) is 100 Å². The minimum Gasteiger partial charge on any atom is -0.800 e. The van der Waals surface area contributed by atoms with Crippen molar-refractivity contribution in [2.24, 2.45) is 0 Å². The fourth-order valence-corrected chi connectivity index (χ4v) is 5.66. The summed E-state index contributed by atoms with van der Waals surface area (Å²) in [6.07, 6.45) is 1.32. The van der Waals surface area contributed by atoms with Crippen LogP contribution >= 0.6 is 0 Å². The van der Waals surface area contributed by atoms with E-state index in [0.717, 1.165) is 48.9 Å². The summed E-state index contributed by atoms with van der Waals surface area (Å²) in [4.78, 5) is 35.9. The van der Waals surface area contributed by atoms with Crippen LogP contribution in [0.5, 0.6) is 0 Å². The monoisotopic (exact) mass is 860 g/mol. The second-order valence-corrected chi connectivity index (χ2v) is 12.9. The van der Waals surface area contributed by atoms with E-state index in [0.29, 0.717) is 50.3 Å². The summed E-state index contributed by atoms with van der Waals surface area (Å²) in [5.41, 5.74) is 5.35. The van der Waals surface area contributed by atoms with Crippen molar-refractivity contribution in [3.8, 4) is 0 Å². The number of hydrogen-bond acceptors (Lipinski definition) is 11. The molecule has 3 aromatic rings. The van der Waals surface area contributed by atoms with E-state index in [1.165, 1.54) is 0 Å². The molecule has 4 rings (SSSR count). The molecule has 0 saturated carbocycles. The second-order valence-electron chi connectivity index (χ2n) is 11.7. The number of carbonyl (C=O) groups is 2. The Bertz CT molecular complexity index is 1310. The molecule has 0 N–H and O–H groups in total. The van der Waals surface area contributed by atoms with Crippen molar-refractivity contribution in [3.05, 3.63) is 83.9 Å². The number of esters is 2. The van der Waals surface area contributed by atoms with E-state index < -0.39 is 0 Å². The fraction of sp³-hybridized carbons (Fsp3) is 0.429. The Balaban J connectivity index is 0.00000600. The largest absolute Gasteiger partial charge is 0.800 e. The summed E-state index contributed by atoms with van der Waals surface area (Å²) >= 11 is 10.5. The Hall–Kier alpha value is -2.80. The van der Waals surface area contributed by atoms with Gasteiger partial charge in [-0.3, -0.25) is 0 Å². The van der Waals surface area contributed by atoms with Gasteiger partial charge in [-0.05, 0) is 85.6 Å². The van der Waals surface area contributed by atoms with Crippen LogP contribution in [0, 0.1) is 0 Å². The summed E-state index contributed by atoms with van der Waals surface area (Å²) in [6, 6.07) is 23.3. The van der Waals surface area contributed by atoms with Crippen molar-refractivity contribution in [1.82, 2.24) is 4.90 Å². The van der Waals surface area contributed by atoms with E-state index in [-0.39, 0.29) is 39.0 Å². The average Bonchev–Trinajstić information content (AvgIpc) is 3.07. The van der Waals surface area contributed by atoms with Crippen molar-refractivity contribution >= 4 is 59.9 Å². The van der Waals surface area contributed by atoms with Crippen molar-refractivity contribution in [3.63, 3.8) is 0 Å². The van der Waals surface area contributed by atoms with Crippen LogP contribution in [0.2, 0.25) is 0 Å². The maximum absolute atomic E-state index is 12.6. The van der Waals surface area contributed by atoms with Crippen LogP contribution in [0.4, 0.5) is 22.7 Å². The van der Waals surface area contributed by atoms with Gasteiger partial charge in [0.1, 0.15) is 0 Å². The van der Waals surface area contributed by atoms with Gasteiger partial charge in [-0.25, -0.2) is 14.3 Å². The van der Waals surface area contributed by atoms with Gasteiger partial charge in [0.25, 0.3) is 0 Å². The topological polar surface area (TPSA) is 68.8 Å². The first-order valence-electron chi connectivity index (χ1n) is 15.7. The minimum absolute atomic E-state index is 0. The van der Waals surface area contributed by atoms with Crippen LogP contribution in [0.25, 0.3) is 0 Å². The molecule has 259 valence electrons. The van der Waals surface area contributed by atoms with Gasteiger partial charge in [0.2, 0.25) is 0 Å². The van der Waals surface area contributed by atoms with Gasteiger partial charge >= 0.3 is 11.9 Å². The number of anilines is 4. The molecule has 47 heavy (non-hydrogen) atoms. The summed E-state index contributed by atoms with van der Waals surface area (Å²) in [7, 11) is 7.84. The van der Waals surface area contributed by atoms with Gasteiger partial charge in [-0.2, -0.15) is 0 Å². The van der Waals surface area contributed by atoms with E-state index in [1.807, 2.05) is 62.3 Å². The number of rotatable bonds is 15. The molecule has 0 aliphatic carbocycles. The van der Waals surface area contributed by atoms with Gasteiger partial charge in [0.05, 0.1) is 24.3 Å². The van der Waals surface area contributed by atoms with Crippen LogP contribution in [-0.4, -0.2) is 102 Å². The quantitative estimate of drug-likeness (QED) is 0.0933. The zero-order chi connectivity index (χ0) is 33.1. The number of nitrogens with zero attached hydrogens (tertiary/aromatic N) is 5. The molecule has 9 nitrogen and oxygen atoms in total. The van der Waals surface area contributed by atoms with E-state index in [2.05, 4.69) is 39.0 Å². The predicted octanol–water partition coefficient (Wildman–Crippen LogP) is 4.62. The van der Waals surface area contributed by atoms with Gasteiger partial charge in [-0.15, -0.1) is 0 Å². The van der Waals surface area contributed by atoms with Gasteiger partial charge in [-0.1, -0.05) is 0 Å². The zero-order valence-corrected chi connectivity index (χ0v) is 31.4. The van der Waals surface area contributed by atoms with Gasteiger partial charge in [0.15, 0.2) is 0 Å². The third-order valence-corrected chi connectivity index (χ3v) is 8.64. The average molecular weight is 861 g/mol. The summed E-state index contributed by atoms with van der Waals surface area (Å²) in [5, 5.41) is 0. The number of benzene rings is 3. The molecule has 1 aliphatic heterocycles. The minimum atomic E-state index is -0.328. The Morgan fingerprint density at radius 3 is 1.45 bits per heavy atom. The van der Waals surface area contributed by atoms with Crippen LogP contribution in [0.15, 0.2) is 72.8 Å². The second kappa shape index (κ2) is 19.3. The molecule has 0 atom stereocenters. The molecule has 0 amide bonds. The first-order chi connectivity index (χ1) is 22.1. The maximum atomic E-state index is 12.6. The Labute approximate surface area is 306 Å². The first kappa shape index (κ1) is 38.6. The van der Waals surface area contributed by atoms with E-state index in [9.17, 15) is 9.59 Å². The summed E-state index contributed by atoms with van der Waals surface area (Å²) in [5.74, 6) is -0.657. The van der Waals surface area contributed by atoms with E-state index in [4.69, 9.17) is 34.7 Å². The number of ether oxygens (including phenoxy) is 2. The number of piperazine rings is 1. The third-order valence-electron chi connectivity index (χ3n) is 8.04. The number of hydrogen-bond donors (Lipinski definition) is 0. The Morgan fingerprint density at radius 1 is 0.660 bits per heavy atom. The molecule has 0 bridgehead atoms. The van der Waals surface area contributed by atoms with E-state index in [1.54, 1.807) is 24.3 Å². The SMILES string of the molecule is CN(C)c1ccc(C(=O)OCCCN(CCCOC(=O)c2ccc(N(C)C)cc2)c2ccc(N3CCN(C([S-])[S-])CC3)cc2)cc1.[Au]. The molecule has 12 heteroatoms. The fourth-order valence-electron chi connectivity index (χ4n) is 5.23. The molecule has 1 saturated heterocycles. The van der Waals surface area contributed by atoms with Crippen LogP contribution < -0.4 is 19.6 Å². The van der Waals surface area contributed by atoms with Gasteiger partial charge < -0.3 is 59.2 Å². The van der Waals surface area contributed by atoms with Crippen molar-refractivity contribution < 1.29 is 41.4 Å². The molecule has 1 radical (unpaired) electrons. The van der Waals surface area contributed by atoms with Gasteiger partial charge in [0, 0.05) is 113 Å². The third kappa shape index (κ3) is 11.7. The summed E-state index contributed by atoms with van der Waals surface area (Å²) in [6.45, 7) is 5.48.